The summed E-state index contributed by atoms with van der Waals surface area (Å²) in [6.45, 7) is 0. The zero-order valence-electron chi connectivity index (χ0n) is 6.27. The third-order valence-corrected chi connectivity index (χ3v) is 5.98. The second-order valence-electron chi connectivity index (χ2n) is 2.66. The minimum absolute atomic E-state index is 1.09. The van der Waals surface area contributed by atoms with Gasteiger partial charge in [-0.05, 0) is 12.1 Å². The van der Waals surface area contributed by atoms with Crippen LogP contribution in [0, 0.1) is 0 Å². The maximum atomic E-state index is 4.35. The summed E-state index contributed by atoms with van der Waals surface area (Å²) < 4.78 is 7.63. The molecule has 0 radical (unpaired) electrons. The third-order valence-electron chi connectivity index (χ3n) is 1.80. The Labute approximate surface area is 98.0 Å². The van der Waals surface area contributed by atoms with E-state index in [2.05, 4.69) is 37.4 Å². The smallest absolute Gasteiger partial charge is 0.0641 e. The van der Waals surface area contributed by atoms with E-state index in [1.165, 1.54) is 18.8 Å². The number of rotatable bonds is 0. The molecular weight excluding hydrogens is 256 g/mol. The maximum absolute atomic E-state index is 4.35. The molecule has 0 aromatic carbocycles. The maximum Gasteiger partial charge on any atom is 0.0641 e. The Morgan fingerprint density at radius 3 is 1.69 bits per heavy atom. The Bertz CT molecular complexity index is 531. The van der Waals surface area contributed by atoms with Gasteiger partial charge in [-0.25, -0.2) is 0 Å². The summed E-state index contributed by atoms with van der Waals surface area (Å²) in [7, 11) is 0. The van der Waals surface area contributed by atoms with E-state index in [-0.39, 0.29) is 0 Å². The fraction of sp³-hybridized carbons (Fsp3) is 0. The molecule has 13 heavy (non-hydrogen) atoms. The van der Waals surface area contributed by atoms with E-state index in [0.29, 0.717) is 0 Å². The number of fused-ring (bicyclic) bond motifs is 3. The van der Waals surface area contributed by atoms with Crippen LogP contribution in [0.5, 0.6) is 0 Å². The number of hydrogen-bond donors (Lipinski definition) is 2. The molecular formula is C8H4S5. The van der Waals surface area contributed by atoms with Gasteiger partial charge in [-0.2, -0.15) is 0 Å². The molecule has 0 N–H and O–H groups in total. The van der Waals surface area contributed by atoms with Crippen LogP contribution in [0.2, 0.25) is 0 Å². The Morgan fingerprint density at radius 2 is 1.23 bits per heavy atom. The van der Waals surface area contributed by atoms with Crippen molar-refractivity contribution in [3.63, 3.8) is 0 Å². The van der Waals surface area contributed by atoms with Gasteiger partial charge in [-0.3, -0.25) is 0 Å². The van der Waals surface area contributed by atoms with E-state index < -0.39 is 0 Å². The van der Waals surface area contributed by atoms with Gasteiger partial charge in [0.05, 0.1) is 17.8 Å². The van der Waals surface area contributed by atoms with Crippen LogP contribution in [0.15, 0.2) is 20.6 Å². The van der Waals surface area contributed by atoms with Crippen LogP contribution in [0.4, 0.5) is 0 Å². The molecule has 0 saturated heterocycles. The van der Waals surface area contributed by atoms with E-state index in [1.54, 1.807) is 22.7 Å². The summed E-state index contributed by atoms with van der Waals surface area (Å²) in [6.07, 6.45) is 0. The van der Waals surface area contributed by atoms with Gasteiger partial charge >= 0.3 is 0 Å². The van der Waals surface area contributed by atoms with E-state index >= 15 is 0 Å². The van der Waals surface area contributed by atoms with Gasteiger partial charge in [0.1, 0.15) is 0 Å². The summed E-state index contributed by atoms with van der Waals surface area (Å²) in [6, 6.07) is 4.28. The third kappa shape index (κ3) is 1.26. The van der Waals surface area contributed by atoms with Crippen LogP contribution in [0.3, 0.4) is 0 Å². The summed E-state index contributed by atoms with van der Waals surface area (Å²) in [4.78, 5) is 0. The lowest BCUT2D eigenvalue weighted by molar-refractivity contribution is 1.82. The van der Waals surface area contributed by atoms with Gasteiger partial charge in [0.2, 0.25) is 0 Å². The minimum Gasteiger partial charge on any atom is -0.133 e. The molecule has 0 aliphatic carbocycles. The first kappa shape index (κ1) is 8.61. The van der Waals surface area contributed by atoms with Crippen LogP contribution >= 0.6 is 59.3 Å². The van der Waals surface area contributed by atoms with Crippen LogP contribution in [0.25, 0.3) is 18.8 Å². The molecule has 0 aliphatic rings. The van der Waals surface area contributed by atoms with Crippen LogP contribution in [0.1, 0.15) is 0 Å². The minimum atomic E-state index is 1.09. The van der Waals surface area contributed by atoms with Crippen LogP contribution in [-0.4, -0.2) is 0 Å². The highest BCUT2D eigenvalue weighted by molar-refractivity contribution is 7.83. The van der Waals surface area contributed by atoms with Gasteiger partial charge in [-0.15, -0.1) is 59.3 Å². The first-order valence-electron chi connectivity index (χ1n) is 3.58. The average Bonchev–Trinajstić information content (AvgIpc) is 2.60. The van der Waals surface area contributed by atoms with Gasteiger partial charge in [-0.1, -0.05) is 0 Å². The van der Waals surface area contributed by atoms with E-state index in [1.807, 2.05) is 11.3 Å². The van der Waals surface area contributed by atoms with Crippen molar-refractivity contribution in [1.82, 2.24) is 0 Å². The van der Waals surface area contributed by atoms with Gasteiger partial charge in [0.25, 0.3) is 0 Å². The van der Waals surface area contributed by atoms with Crippen molar-refractivity contribution in [3.05, 3.63) is 12.1 Å². The Balaban J connectivity index is 2.56. The lowest BCUT2D eigenvalue weighted by atomic mass is 10.5. The average molecular weight is 260 g/mol. The standard InChI is InChI=1S/C8H4S5/c9-5-1-3-7(12-5)8-4(11-3)2-6(10)13-8/h1-2,9-10H. The Morgan fingerprint density at radius 1 is 0.769 bits per heavy atom. The van der Waals surface area contributed by atoms with Gasteiger partial charge in [0.15, 0.2) is 0 Å². The van der Waals surface area contributed by atoms with Crippen LogP contribution < -0.4 is 0 Å². The summed E-state index contributed by atoms with van der Waals surface area (Å²) in [5.41, 5.74) is 0. The lowest BCUT2D eigenvalue weighted by Gasteiger charge is -1.75. The summed E-state index contributed by atoms with van der Waals surface area (Å²) in [5.74, 6) is 0. The van der Waals surface area contributed by atoms with E-state index in [0.717, 1.165) is 8.42 Å². The lowest BCUT2D eigenvalue weighted by Crippen LogP contribution is -1.40. The zero-order chi connectivity index (χ0) is 9.00. The molecule has 66 valence electrons. The molecule has 0 saturated carbocycles. The predicted molar refractivity (Wildman–Crippen MR) is 69.6 cm³/mol. The molecule has 0 spiro atoms. The van der Waals surface area contributed by atoms with Crippen molar-refractivity contribution in [1.29, 1.82) is 0 Å². The first-order valence-corrected chi connectivity index (χ1v) is 6.92. The molecule has 0 atom stereocenters. The molecule has 3 aromatic heterocycles. The highest BCUT2D eigenvalue weighted by atomic mass is 32.2. The zero-order valence-corrected chi connectivity index (χ0v) is 10.5. The van der Waals surface area contributed by atoms with Gasteiger partial charge in [0, 0.05) is 9.40 Å². The second-order valence-corrected chi connectivity index (χ2v) is 7.42. The molecule has 0 unspecified atom stereocenters. The molecule has 3 aromatic rings. The molecule has 0 nitrogen and oxygen atoms in total. The monoisotopic (exact) mass is 260 g/mol. The van der Waals surface area contributed by atoms with Crippen LogP contribution in [-0.2, 0) is 0 Å². The fourth-order valence-corrected chi connectivity index (χ4v) is 5.80. The van der Waals surface area contributed by atoms with Crippen molar-refractivity contribution < 1.29 is 0 Å². The number of hydrogen-bond acceptors (Lipinski definition) is 5. The van der Waals surface area contributed by atoms with Crippen molar-refractivity contribution >= 4 is 78.1 Å². The summed E-state index contributed by atoms with van der Waals surface area (Å²) >= 11 is 14.0. The molecule has 0 bridgehead atoms. The molecule has 0 aliphatic heterocycles. The second kappa shape index (κ2) is 2.90. The highest BCUT2D eigenvalue weighted by Crippen LogP contribution is 2.44. The Kier molecular flexibility index (Phi) is 1.92. The molecule has 0 fully saturated rings. The number of thiol groups is 2. The predicted octanol–water partition coefficient (Wildman–Crippen LogP) is 4.75. The van der Waals surface area contributed by atoms with E-state index in [9.17, 15) is 0 Å². The largest absolute Gasteiger partial charge is 0.133 e. The van der Waals surface area contributed by atoms with Crippen molar-refractivity contribution in [3.8, 4) is 0 Å². The quantitative estimate of drug-likeness (QED) is 0.535. The molecule has 3 heterocycles. The molecule has 0 amide bonds. The van der Waals surface area contributed by atoms with Crippen molar-refractivity contribution in [2.24, 2.45) is 0 Å². The molecule has 3 rings (SSSR count). The van der Waals surface area contributed by atoms with Crippen molar-refractivity contribution in [2.75, 3.05) is 0 Å². The SMILES string of the molecule is Sc1cc2sc3cc(S)sc3c2s1. The number of thiophene rings is 3. The Hall–Kier alpha value is 0.320. The van der Waals surface area contributed by atoms with Gasteiger partial charge < -0.3 is 0 Å². The normalized spacial score (nSPS) is 11.8. The fourth-order valence-electron chi connectivity index (χ4n) is 1.31. The summed E-state index contributed by atoms with van der Waals surface area (Å²) in [5, 5.41) is 0. The molecule has 5 heteroatoms. The van der Waals surface area contributed by atoms with E-state index in [4.69, 9.17) is 0 Å². The highest BCUT2D eigenvalue weighted by Gasteiger charge is 2.10. The topological polar surface area (TPSA) is 0 Å². The first-order chi connectivity index (χ1) is 6.24. The van der Waals surface area contributed by atoms with Crippen molar-refractivity contribution in [2.45, 2.75) is 8.42 Å².